The number of carboxylic acid groups (broad SMARTS) is 1. The minimum atomic E-state index is -0.866. The molecule has 0 amide bonds. The van der Waals surface area contributed by atoms with Crippen LogP contribution in [0.25, 0.3) is 0 Å². The van der Waals surface area contributed by atoms with Crippen LogP contribution < -0.4 is 5.73 Å². The quantitative estimate of drug-likeness (QED) is 0.480. The van der Waals surface area contributed by atoms with E-state index >= 15 is 0 Å². The lowest BCUT2D eigenvalue weighted by Gasteiger charge is -2.04. The van der Waals surface area contributed by atoms with Crippen molar-refractivity contribution >= 4 is 23.4 Å². The van der Waals surface area contributed by atoms with E-state index in [2.05, 4.69) is 0 Å². The van der Waals surface area contributed by atoms with Crippen molar-refractivity contribution in [3.8, 4) is 0 Å². The van der Waals surface area contributed by atoms with E-state index in [0.717, 1.165) is 16.1 Å². The maximum Gasteiger partial charge on any atom is 0.330 e. The van der Waals surface area contributed by atoms with Gasteiger partial charge in [0.25, 0.3) is 0 Å². The Bertz CT molecular complexity index is 427. The zero-order valence-corrected chi connectivity index (χ0v) is 10.2. The summed E-state index contributed by atoms with van der Waals surface area (Å²) in [4.78, 5) is 11.7. The van der Waals surface area contributed by atoms with Crippen molar-refractivity contribution in [2.24, 2.45) is 0 Å². The molecule has 0 bridgehead atoms. The number of carboxylic acids is 1. The van der Waals surface area contributed by atoms with E-state index in [0.29, 0.717) is 11.3 Å². The van der Waals surface area contributed by atoms with Gasteiger partial charge in [-0.05, 0) is 37.6 Å². The highest BCUT2D eigenvalue weighted by molar-refractivity contribution is 7.99. The third-order valence-corrected chi connectivity index (χ3v) is 3.27. The van der Waals surface area contributed by atoms with E-state index in [9.17, 15) is 4.79 Å². The summed E-state index contributed by atoms with van der Waals surface area (Å²) in [5, 5.41) is 8.68. The number of nitrogens with two attached hydrogens (primary N) is 1. The van der Waals surface area contributed by atoms with Gasteiger partial charge in [0.2, 0.25) is 0 Å². The van der Waals surface area contributed by atoms with Gasteiger partial charge < -0.3 is 10.8 Å². The highest BCUT2D eigenvalue weighted by Gasteiger charge is 2.01. The molecule has 3 nitrogen and oxygen atoms in total. The Hall–Kier alpha value is -1.42. The van der Waals surface area contributed by atoms with E-state index in [1.54, 1.807) is 24.8 Å². The van der Waals surface area contributed by atoms with Crippen LogP contribution in [0.5, 0.6) is 0 Å². The van der Waals surface area contributed by atoms with Crippen molar-refractivity contribution in [2.75, 3.05) is 11.5 Å². The van der Waals surface area contributed by atoms with Crippen LogP contribution in [0, 0.1) is 6.92 Å². The summed E-state index contributed by atoms with van der Waals surface area (Å²) in [5.41, 5.74) is 7.89. The molecule has 1 rings (SSSR count). The van der Waals surface area contributed by atoms with Gasteiger partial charge in [-0.3, -0.25) is 0 Å². The van der Waals surface area contributed by atoms with Crippen LogP contribution >= 0.6 is 11.8 Å². The molecule has 16 heavy (non-hydrogen) atoms. The molecule has 0 fully saturated rings. The van der Waals surface area contributed by atoms with E-state index in [1.807, 2.05) is 25.1 Å². The Kier molecular flexibility index (Phi) is 4.43. The molecule has 0 atom stereocenters. The van der Waals surface area contributed by atoms with Gasteiger partial charge in [0.05, 0.1) is 0 Å². The molecule has 0 heterocycles. The lowest BCUT2D eigenvalue weighted by Crippen LogP contribution is -1.96. The number of hydrogen-bond donors (Lipinski definition) is 2. The molecule has 0 saturated heterocycles. The summed E-state index contributed by atoms with van der Waals surface area (Å²) in [5.74, 6) is -0.210. The lowest BCUT2D eigenvalue weighted by molar-refractivity contribution is -0.132. The van der Waals surface area contributed by atoms with Crippen LogP contribution in [0.15, 0.2) is 34.7 Å². The minimum absolute atomic E-state index is 0.376. The van der Waals surface area contributed by atoms with Crippen LogP contribution in [0.4, 0.5) is 5.69 Å². The molecule has 3 N–H and O–H groups in total. The smallest absolute Gasteiger partial charge is 0.330 e. The van der Waals surface area contributed by atoms with Crippen molar-refractivity contribution in [1.29, 1.82) is 0 Å². The fraction of sp³-hybridized carbons (Fsp3) is 0.250. The molecule has 1 aromatic carbocycles. The molecule has 0 aliphatic heterocycles. The first-order valence-corrected chi connectivity index (χ1v) is 5.88. The van der Waals surface area contributed by atoms with E-state index in [1.165, 1.54) is 0 Å². The van der Waals surface area contributed by atoms with Crippen molar-refractivity contribution < 1.29 is 9.90 Å². The number of nitrogen functional groups attached to an aromatic ring is 1. The first-order valence-electron chi connectivity index (χ1n) is 4.89. The van der Waals surface area contributed by atoms with Crippen molar-refractivity contribution in [3.63, 3.8) is 0 Å². The number of anilines is 1. The zero-order chi connectivity index (χ0) is 12.1. The van der Waals surface area contributed by atoms with Gasteiger partial charge in [-0.25, -0.2) is 4.79 Å². The fourth-order valence-corrected chi connectivity index (χ4v) is 2.14. The van der Waals surface area contributed by atoms with Crippen LogP contribution in [0.1, 0.15) is 12.5 Å². The number of aryl methyl sites for hydroxylation is 1. The monoisotopic (exact) mass is 237 g/mol. The topological polar surface area (TPSA) is 63.3 Å². The van der Waals surface area contributed by atoms with Gasteiger partial charge in [0, 0.05) is 21.9 Å². The fourth-order valence-electron chi connectivity index (χ4n) is 1.18. The molecule has 0 aliphatic rings. The van der Waals surface area contributed by atoms with Crippen LogP contribution in [-0.2, 0) is 4.79 Å². The number of aliphatic carboxylic acids is 1. The largest absolute Gasteiger partial charge is 0.478 e. The number of benzene rings is 1. The average molecular weight is 237 g/mol. The third kappa shape index (κ3) is 3.62. The number of thioether (sulfide) groups is 1. The Morgan fingerprint density at radius 2 is 2.25 bits per heavy atom. The van der Waals surface area contributed by atoms with E-state index in [4.69, 9.17) is 10.8 Å². The Labute approximate surface area is 99.4 Å². The van der Waals surface area contributed by atoms with Crippen LogP contribution in [0.2, 0.25) is 0 Å². The second kappa shape index (κ2) is 5.61. The van der Waals surface area contributed by atoms with E-state index < -0.39 is 5.97 Å². The minimum Gasteiger partial charge on any atom is -0.478 e. The second-order valence-electron chi connectivity index (χ2n) is 3.53. The van der Waals surface area contributed by atoms with Crippen molar-refractivity contribution in [3.05, 3.63) is 35.4 Å². The summed E-state index contributed by atoms with van der Waals surface area (Å²) < 4.78 is 0. The predicted octanol–water partition coefficient (Wildman–Crippen LogP) is 2.70. The summed E-state index contributed by atoms with van der Waals surface area (Å²) in [6.07, 6.45) is 1.71. The van der Waals surface area contributed by atoms with Crippen LogP contribution in [-0.4, -0.2) is 16.8 Å². The zero-order valence-electron chi connectivity index (χ0n) is 9.36. The van der Waals surface area contributed by atoms with Gasteiger partial charge in [-0.1, -0.05) is 6.08 Å². The molecular formula is C12H15NO2S. The molecule has 0 aromatic heterocycles. The Morgan fingerprint density at radius 1 is 1.56 bits per heavy atom. The SMILES string of the molecule is CC(=CCSc1ccc(N)cc1C)C(=O)O. The molecule has 0 radical (unpaired) electrons. The van der Waals surface area contributed by atoms with Gasteiger partial charge in [-0.15, -0.1) is 11.8 Å². The molecule has 0 unspecified atom stereocenters. The maximum atomic E-state index is 10.6. The van der Waals surface area contributed by atoms with Crippen molar-refractivity contribution in [2.45, 2.75) is 18.7 Å². The highest BCUT2D eigenvalue weighted by Crippen LogP contribution is 2.24. The van der Waals surface area contributed by atoms with Crippen molar-refractivity contribution in [1.82, 2.24) is 0 Å². The Morgan fingerprint density at radius 3 is 2.81 bits per heavy atom. The summed E-state index contributed by atoms with van der Waals surface area (Å²) in [6.45, 7) is 3.59. The van der Waals surface area contributed by atoms with Crippen LogP contribution in [0.3, 0.4) is 0 Å². The third-order valence-electron chi connectivity index (χ3n) is 2.16. The maximum absolute atomic E-state index is 10.6. The summed E-state index contributed by atoms with van der Waals surface area (Å²) in [6, 6.07) is 5.72. The predicted molar refractivity (Wildman–Crippen MR) is 67.7 cm³/mol. The number of rotatable bonds is 4. The van der Waals surface area contributed by atoms with Gasteiger partial charge in [0.1, 0.15) is 0 Å². The molecular weight excluding hydrogens is 222 g/mol. The second-order valence-corrected chi connectivity index (χ2v) is 4.59. The van der Waals surface area contributed by atoms with Gasteiger partial charge in [0.15, 0.2) is 0 Å². The summed E-state index contributed by atoms with van der Waals surface area (Å²) >= 11 is 1.61. The van der Waals surface area contributed by atoms with Gasteiger partial charge in [-0.2, -0.15) is 0 Å². The summed E-state index contributed by atoms with van der Waals surface area (Å²) in [7, 11) is 0. The van der Waals surface area contributed by atoms with Gasteiger partial charge >= 0.3 is 5.97 Å². The standard InChI is InChI=1S/C12H15NO2S/c1-8(12(14)15)5-6-16-11-4-3-10(13)7-9(11)2/h3-5,7H,6,13H2,1-2H3,(H,14,15). The molecule has 0 aliphatic carbocycles. The molecule has 0 saturated carbocycles. The molecule has 86 valence electrons. The first kappa shape index (κ1) is 12.6. The molecule has 4 heteroatoms. The van der Waals surface area contributed by atoms with E-state index in [-0.39, 0.29) is 0 Å². The Balaban J connectivity index is 2.62. The number of carbonyl (C=O) groups is 1. The first-order chi connectivity index (χ1) is 7.50. The lowest BCUT2D eigenvalue weighted by atomic mass is 10.2. The average Bonchev–Trinajstić information content (AvgIpc) is 2.20. The normalized spacial score (nSPS) is 11.5. The molecule has 0 spiro atoms. The highest BCUT2D eigenvalue weighted by atomic mass is 32.2. The number of hydrogen-bond acceptors (Lipinski definition) is 3. The molecule has 1 aromatic rings.